The fraction of sp³-hybridized carbons (Fsp3) is 0.0800. The molecular formula is C25H16BrCl2N3O2S. The van der Waals surface area contributed by atoms with E-state index in [1.165, 1.54) is 16.7 Å². The van der Waals surface area contributed by atoms with Crippen molar-refractivity contribution < 1.29 is 9.59 Å². The Kier molecular flexibility index (Phi) is 7.64. The van der Waals surface area contributed by atoms with E-state index in [1.807, 2.05) is 12.1 Å². The summed E-state index contributed by atoms with van der Waals surface area (Å²) in [5.74, 6) is -0.839. The van der Waals surface area contributed by atoms with Crippen LogP contribution in [-0.2, 0) is 16.0 Å². The third-order valence-corrected chi connectivity index (χ3v) is 7.43. The smallest absolute Gasteiger partial charge is 0.269 e. The second kappa shape index (κ2) is 10.7. The summed E-state index contributed by atoms with van der Waals surface area (Å²) in [5, 5.41) is 13.3. The Morgan fingerprint density at radius 1 is 1.09 bits per heavy atom. The molecule has 0 aliphatic carbocycles. The zero-order chi connectivity index (χ0) is 24.2. The van der Waals surface area contributed by atoms with Crippen LogP contribution in [0.3, 0.4) is 0 Å². The topological polar surface area (TPSA) is 73.2 Å². The number of halogens is 3. The zero-order valence-corrected chi connectivity index (χ0v) is 21.4. The number of carbonyl (C=O) groups excluding carboxylic acids is 2. The van der Waals surface area contributed by atoms with Crippen molar-refractivity contribution in [2.24, 2.45) is 0 Å². The molecule has 0 saturated carbocycles. The minimum Gasteiger partial charge on any atom is -0.321 e. The lowest BCUT2D eigenvalue weighted by Gasteiger charge is -2.18. The van der Waals surface area contributed by atoms with Gasteiger partial charge in [-0.2, -0.15) is 5.26 Å². The molecule has 3 aromatic rings. The van der Waals surface area contributed by atoms with Crippen LogP contribution in [-0.4, -0.2) is 17.1 Å². The first kappa shape index (κ1) is 24.4. The third kappa shape index (κ3) is 5.31. The van der Waals surface area contributed by atoms with Crippen LogP contribution >= 0.6 is 50.9 Å². The third-order valence-electron chi connectivity index (χ3n) is 5.04. The predicted molar refractivity (Wildman–Crippen MR) is 141 cm³/mol. The van der Waals surface area contributed by atoms with E-state index in [0.29, 0.717) is 33.4 Å². The number of hydrogen-bond acceptors (Lipinski definition) is 4. The van der Waals surface area contributed by atoms with Gasteiger partial charge in [-0.3, -0.25) is 14.5 Å². The fourth-order valence-electron chi connectivity index (χ4n) is 3.43. The lowest BCUT2D eigenvalue weighted by atomic mass is 10.1. The molecule has 1 saturated heterocycles. The van der Waals surface area contributed by atoms with Crippen molar-refractivity contribution in [1.82, 2.24) is 0 Å². The molecule has 1 aliphatic rings. The first-order valence-corrected chi connectivity index (χ1v) is 12.5. The summed E-state index contributed by atoms with van der Waals surface area (Å²) >= 11 is 17.0. The number of para-hydroxylation sites is 1. The van der Waals surface area contributed by atoms with Crippen LogP contribution in [0.15, 0.2) is 87.9 Å². The number of carbonyl (C=O) groups is 2. The summed E-state index contributed by atoms with van der Waals surface area (Å²) in [5.41, 5.74) is 1.67. The molecule has 34 heavy (non-hydrogen) atoms. The van der Waals surface area contributed by atoms with Crippen molar-refractivity contribution in [3.05, 3.63) is 103 Å². The first-order chi connectivity index (χ1) is 16.4. The summed E-state index contributed by atoms with van der Waals surface area (Å²) in [4.78, 5) is 28.0. The normalized spacial score (nSPS) is 16.8. The number of rotatable bonds is 5. The Labute approximate surface area is 219 Å². The summed E-state index contributed by atoms with van der Waals surface area (Å²) in [6.07, 6.45) is 0.294. The van der Waals surface area contributed by atoms with Gasteiger partial charge in [-0.25, -0.2) is 0 Å². The zero-order valence-electron chi connectivity index (χ0n) is 17.5. The number of hydrogen-bond donors (Lipinski definition) is 1. The standard InChI is InChI=1S/C25H16BrCl2N3O2S/c26-16-6-9-18(10-7-16)30-23(32)20(14-29)25-31(19-4-2-1-3-5-19)24(33)22(34-25)13-15-12-17(27)8-11-21(15)28/h1-12,22H,13H2,(H,30,32)/b25-20-/t22-/m1/s1. The van der Waals surface area contributed by atoms with E-state index in [9.17, 15) is 14.9 Å². The molecule has 0 bridgehead atoms. The van der Waals surface area contributed by atoms with Gasteiger partial charge in [-0.1, -0.05) is 69.1 Å². The van der Waals surface area contributed by atoms with Crippen LogP contribution < -0.4 is 10.2 Å². The van der Waals surface area contributed by atoms with E-state index in [4.69, 9.17) is 23.2 Å². The highest BCUT2D eigenvalue weighted by Gasteiger charge is 2.41. The molecule has 1 heterocycles. The molecule has 0 spiro atoms. The summed E-state index contributed by atoms with van der Waals surface area (Å²) in [7, 11) is 0. The average Bonchev–Trinajstić information content (AvgIpc) is 3.14. The van der Waals surface area contributed by atoms with E-state index >= 15 is 0 Å². The first-order valence-electron chi connectivity index (χ1n) is 10.1. The number of benzene rings is 3. The number of thioether (sulfide) groups is 1. The van der Waals surface area contributed by atoms with Gasteiger partial charge >= 0.3 is 0 Å². The monoisotopic (exact) mass is 571 g/mol. The van der Waals surface area contributed by atoms with Crippen molar-refractivity contribution in [2.45, 2.75) is 11.7 Å². The van der Waals surface area contributed by atoms with E-state index in [-0.39, 0.29) is 16.5 Å². The second-order valence-electron chi connectivity index (χ2n) is 7.31. The van der Waals surface area contributed by atoms with Crippen molar-refractivity contribution >= 4 is 74.1 Å². The van der Waals surface area contributed by atoms with Crippen LogP contribution in [0.2, 0.25) is 10.0 Å². The number of anilines is 2. The summed E-state index contributed by atoms with van der Waals surface area (Å²) in [6.45, 7) is 0. The molecule has 170 valence electrons. The molecule has 4 rings (SSSR count). The average molecular weight is 573 g/mol. The molecule has 9 heteroatoms. The molecule has 1 fully saturated rings. The van der Waals surface area contributed by atoms with Crippen molar-refractivity contribution in [3.63, 3.8) is 0 Å². The molecule has 1 aliphatic heterocycles. The Balaban J connectivity index is 1.72. The lowest BCUT2D eigenvalue weighted by molar-refractivity contribution is -0.117. The van der Waals surface area contributed by atoms with E-state index in [0.717, 1.165) is 4.47 Å². The highest BCUT2D eigenvalue weighted by atomic mass is 79.9. The van der Waals surface area contributed by atoms with Gasteiger partial charge in [0.25, 0.3) is 5.91 Å². The van der Waals surface area contributed by atoms with E-state index < -0.39 is 11.2 Å². The van der Waals surface area contributed by atoms with Gasteiger partial charge in [-0.05, 0) is 66.6 Å². The van der Waals surface area contributed by atoms with Crippen LogP contribution in [0, 0.1) is 11.3 Å². The van der Waals surface area contributed by atoms with Crippen LogP contribution in [0.25, 0.3) is 0 Å². The molecule has 0 unspecified atom stereocenters. The van der Waals surface area contributed by atoms with Gasteiger partial charge in [0.05, 0.1) is 5.25 Å². The number of nitriles is 1. The largest absolute Gasteiger partial charge is 0.321 e. The predicted octanol–water partition coefficient (Wildman–Crippen LogP) is 6.82. The molecule has 1 N–H and O–H groups in total. The molecular weight excluding hydrogens is 557 g/mol. The Morgan fingerprint density at radius 2 is 1.79 bits per heavy atom. The Morgan fingerprint density at radius 3 is 2.47 bits per heavy atom. The van der Waals surface area contributed by atoms with Gasteiger partial charge in [0, 0.05) is 25.9 Å². The van der Waals surface area contributed by atoms with E-state index in [2.05, 4.69) is 21.2 Å². The van der Waals surface area contributed by atoms with Gasteiger partial charge < -0.3 is 5.32 Å². The SMILES string of the molecule is N#C/C(C(=O)Nc1ccc(Br)cc1)=C1/S[C@H](Cc2cc(Cl)ccc2Cl)C(=O)N1c1ccccc1. The Hall–Kier alpha value is -2.76. The molecule has 3 aromatic carbocycles. The molecule has 0 aromatic heterocycles. The van der Waals surface area contributed by atoms with E-state index in [1.54, 1.807) is 66.7 Å². The fourth-order valence-corrected chi connectivity index (χ4v) is 5.37. The number of nitrogens with one attached hydrogen (secondary N) is 1. The van der Waals surface area contributed by atoms with Gasteiger partial charge in [0.2, 0.25) is 5.91 Å². The van der Waals surface area contributed by atoms with Crippen molar-refractivity contribution in [3.8, 4) is 6.07 Å². The van der Waals surface area contributed by atoms with Gasteiger partial charge in [-0.15, -0.1) is 0 Å². The van der Waals surface area contributed by atoms with Gasteiger partial charge in [0.15, 0.2) is 0 Å². The summed E-state index contributed by atoms with van der Waals surface area (Å²) < 4.78 is 0.860. The number of nitrogens with zero attached hydrogens (tertiary/aromatic N) is 2. The van der Waals surface area contributed by atoms with Crippen LogP contribution in [0.1, 0.15) is 5.56 Å². The van der Waals surface area contributed by atoms with Crippen molar-refractivity contribution in [1.29, 1.82) is 5.26 Å². The maximum atomic E-state index is 13.5. The molecule has 0 radical (unpaired) electrons. The Bertz CT molecular complexity index is 1320. The highest BCUT2D eigenvalue weighted by molar-refractivity contribution is 9.10. The lowest BCUT2D eigenvalue weighted by Crippen LogP contribution is -2.30. The number of amides is 2. The summed E-state index contributed by atoms with van der Waals surface area (Å²) in [6, 6.07) is 23.0. The van der Waals surface area contributed by atoms with Crippen LogP contribution in [0.4, 0.5) is 11.4 Å². The van der Waals surface area contributed by atoms with Crippen LogP contribution in [0.5, 0.6) is 0 Å². The molecule has 2 amide bonds. The maximum absolute atomic E-state index is 13.5. The quantitative estimate of drug-likeness (QED) is 0.269. The maximum Gasteiger partial charge on any atom is 0.269 e. The molecule has 5 nitrogen and oxygen atoms in total. The van der Waals surface area contributed by atoms with Crippen molar-refractivity contribution in [2.75, 3.05) is 10.2 Å². The minimum atomic E-state index is -0.595. The second-order valence-corrected chi connectivity index (χ2v) is 10.3. The highest BCUT2D eigenvalue weighted by Crippen LogP contribution is 2.42. The molecule has 1 atom stereocenters. The minimum absolute atomic E-state index is 0.148. The van der Waals surface area contributed by atoms with Gasteiger partial charge in [0.1, 0.15) is 16.7 Å².